The van der Waals surface area contributed by atoms with Gasteiger partial charge in [0.2, 0.25) is 5.88 Å². The molecule has 0 bridgehead atoms. The van der Waals surface area contributed by atoms with E-state index in [-0.39, 0.29) is 0 Å². The van der Waals surface area contributed by atoms with Crippen LogP contribution in [0, 0.1) is 11.8 Å². The summed E-state index contributed by atoms with van der Waals surface area (Å²) in [6, 6.07) is 8.06. The van der Waals surface area contributed by atoms with E-state index in [9.17, 15) is 0 Å². The third-order valence-electron chi connectivity index (χ3n) is 4.34. The standard InChI is InChI=1S/C16H21N3O/c17-9-12-5-1-2-7-14(12)11-20-16-15-8-4-3-6-13(15)10-18-19-16/h3-4,6,8,10,12,14H,1-2,5,7,9,11,17H2. The lowest BCUT2D eigenvalue weighted by molar-refractivity contribution is 0.150. The minimum absolute atomic E-state index is 0.550. The molecule has 1 heterocycles. The van der Waals surface area contributed by atoms with Crippen LogP contribution in [0.15, 0.2) is 30.5 Å². The maximum absolute atomic E-state index is 5.96. The Balaban J connectivity index is 1.73. The summed E-state index contributed by atoms with van der Waals surface area (Å²) in [5, 5.41) is 10.3. The second-order valence-electron chi connectivity index (χ2n) is 5.59. The predicted molar refractivity (Wildman–Crippen MR) is 79.5 cm³/mol. The van der Waals surface area contributed by atoms with E-state index in [1.54, 1.807) is 6.20 Å². The largest absolute Gasteiger partial charge is 0.476 e. The van der Waals surface area contributed by atoms with E-state index in [1.165, 1.54) is 25.7 Å². The Morgan fingerprint density at radius 3 is 2.80 bits per heavy atom. The number of hydrogen-bond donors (Lipinski definition) is 1. The topological polar surface area (TPSA) is 61.0 Å². The fourth-order valence-electron chi connectivity index (χ4n) is 3.11. The molecule has 2 unspecified atom stereocenters. The third kappa shape index (κ3) is 2.75. The van der Waals surface area contributed by atoms with Crippen molar-refractivity contribution in [3.8, 4) is 5.88 Å². The van der Waals surface area contributed by atoms with E-state index >= 15 is 0 Å². The lowest BCUT2D eigenvalue weighted by Crippen LogP contribution is -2.30. The SMILES string of the molecule is NCC1CCCCC1COc1nncc2ccccc12. The number of rotatable bonds is 4. The molecule has 0 saturated heterocycles. The van der Waals surface area contributed by atoms with Crippen molar-refractivity contribution in [3.05, 3.63) is 30.5 Å². The fraction of sp³-hybridized carbons (Fsp3) is 0.500. The van der Waals surface area contributed by atoms with Gasteiger partial charge in [0.25, 0.3) is 0 Å². The second-order valence-corrected chi connectivity index (χ2v) is 5.59. The summed E-state index contributed by atoms with van der Waals surface area (Å²) in [5.41, 5.74) is 5.87. The fourth-order valence-corrected chi connectivity index (χ4v) is 3.11. The Morgan fingerprint density at radius 2 is 1.95 bits per heavy atom. The Hall–Kier alpha value is -1.68. The van der Waals surface area contributed by atoms with Gasteiger partial charge in [-0.25, -0.2) is 0 Å². The van der Waals surface area contributed by atoms with Gasteiger partial charge in [-0.2, -0.15) is 5.10 Å². The number of ether oxygens (including phenoxy) is 1. The molecule has 1 aromatic heterocycles. The lowest BCUT2D eigenvalue weighted by atomic mass is 9.80. The van der Waals surface area contributed by atoms with Crippen molar-refractivity contribution in [2.45, 2.75) is 25.7 Å². The third-order valence-corrected chi connectivity index (χ3v) is 4.34. The molecule has 0 aliphatic heterocycles. The molecular formula is C16H21N3O. The van der Waals surface area contributed by atoms with Crippen molar-refractivity contribution in [2.75, 3.05) is 13.2 Å². The Labute approximate surface area is 119 Å². The van der Waals surface area contributed by atoms with Gasteiger partial charge in [-0.1, -0.05) is 31.0 Å². The van der Waals surface area contributed by atoms with Gasteiger partial charge in [0.1, 0.15) is 0 Å². The highest BCUT2D eigenvalue weighted by Gasteiger charge is 2.24. The number of nitrogens with zero attached hydrogens (tertiary/aromatic N) is 2. The molecule has 4 heteroatoms. The number of nitrogens with two attached hydrogens (primary N) is 1. The van der Waals surface area contributed by atoms with Gasteiger partial charge in [0.05, 0.1) is 12.8 Å². The van der Waals surface area contributed by atoms with E-state index in [0.717, 1.165) is 17.3 Å². The molecule has 106 valence electrons. The van der Waals surface area contributed by atoms with Gasteiger partial charge in [-0.3, -0.25) is 0 Å². The number of fused-ring (bicyclic) bond motifs is 1. The summed E-state index contributed by atoms with van der Waals surface area (Å²) in [4.78, 5) is 0. The summed E-state index contributed by atoms with van der Waals surface area (Å²) in [7, 11) is 0. The number of aromatic nitrogens is 2. The maximum atomic E-state index is 5.96. The van der Waals surface area contributed by atoms with Crippen molar-refractivity contribution in [1.29, 1.82) is 0 Å². The van der Waals surface area contributed by atoms with Crippen molar-refractivity contribution >= 4 is 10.8 Å². The van der Waals surface area contributed by atoms with E-state index in [2.05, 4.69) is 10.2 Å². The quantitative estimate of drug-likeness (QED) is 0.929. The monoisotopic (exact) mass is 271 g/mol. The van der Waals surface area contributed by atoms with Crippen LogP contribution in [0.5, 0.6) is 5.88 Å². The summed E-state index contributed by atoms with van der Waals surface area (Å²) in [6.45, 7) is 1.46. The molecule has 0 radical (unpaired) electrons. The van der Waals surface area contributed by atoms with Crippen LogP contribution < -0.4 is 10.5 Å². The molecule has 1 fully saturated rings. The van der Waals surface area contributed by atoms with Gasteiger partial charge in [0.15, 0.2) is 0 Å². The first-order chi connectivity index (χ1) is 9.88. The molecule has 2 atom stereocenters. The van der Waals surface area contributed by atoms with Gasteiger partial charge in [-0.05, 0) is 37.3 Å². The van der Waals surface area contributed by atoms with Crippen molar-refractivity contribution in [1.82, 2.24) is 10.2 Å². The van der Waals surface area contributed by atoms with Crippen molar-refractivity contribution in [2.24, 2.45) is 17.6 Å². The molecule has 4 nitrogen and oxygen atoms in total. The molecule has 0 amide bonds. The normalized spacial score (nSPS) is 22.9. The highest BCUT2D eigenvalue weighted by molar-refractivity contribution is 5.85. The Morgan fingerprint density at radius 1 is 1.15 bits per heavy atom. The van der Waals surface area contributed by atoms with Gasteiger partial charge >= 0.3 is 0 Å². The first-order valence-electron chi connectivity index (χ1n) is 7.42. The Bertz CT molecular complexity index is 567. The molecule has 1 saturated carbocycles. The zero-order valence-corrected chi connectivity index (χ0v) is 11.7. The van der Waals surface area contributed by atoms with Gasteiger partial charge in [0, 0.05) is 10.8 Å². The average Bonchev–Trinajstić information content (AvgIpc) is 2.53. The number of hydrogen-bond acceptors (Lipinski definition) is 4. The molecular weight excluding hydrogens is 250 g/mol. The molecule has 1 aliphatic carbocycles. The van der Waals surface area contributed by atoms with E-state index in [0.29, 0.717) is 24.3 Å². The minimum Gasteiger partial charge on any atom is -0.476 e. The molecule has 2 aromatic rings. The van der Waals surface area contributed by atoms with Crippen molar-refractivity contribution < 1.29 is 4.74 Å². The Kier molecular flexibility index (Phi) is 4.11. The molecule has 0 spiro atoms. The van der Waals surface area contributed by atoms with Crippen LogP contribution in [0.2, 0.25) is 0 Å². The summed E-state index contributed by atoms with van der Waals surface area (Å²) in [5.74, 6) is 1.78. The van der Waals surface area contributed by atoms with Gasteiger partial charge < -0.3 is 10.5 Å². The van der Waals surface area contributed by atoms with Crippen LogP contribution in [0.25, 0.3) is 10.8 Å². The molecule has 20 heavy (non-hydrogen) atoms. The molecule has 2 N–H and O–H groups in total. The average molecular weight is 271 g/mol. The van der Waals surface area contributed by atoms with Gasteiger partial charge in [-0.15, -0.1) is 5.10 Å². The first kappa shape index (κ1) is 13.3. The van der Waals surface area contributed by atoms with Crippen LogP contribution >= 0.6 is 0 Å². The van der Waals surface area contributed by atoms with Crippen LogP contribution in [0.1, 0.15) is 25.7 Å². The van der Waals surface area contributed by atoms with E-state index in [1.807, 2.05) is 24.3 Å². The predicted octanol–water partition coefficient (Wildman–Crippen LogP) is 2.77. The van der Waals surface area contributed by atoms with Crippen LogP contribution in [-0.2, 0) is 0 Å². The zero-order valence-electron chi connectivity index (χ0n) is 11.7. The van der Waals surface area contributed by atoms with Crippen LogP contribution in [-0.4, -0.2) is 23.3 Å². The van der Waals surface area contributed by atoms with E-state index in [4.69, 9.17) is 10.5 Å². The maximum Gasteiger partial charge on any atom is 0.241 e. The highest BCUT2D eigenvalue weighted by atomic mass is 16.5. The van der Waals surface area contributed by atoms with E-state index < -0.39 is 0 Å². The minimum atomic E-state index is 0.550. The van der Waals surface area contributed by atoms with Crippen molar-refractivity contribution in [3.63, 3.8) is 0 Å². The molecule has 1 aromatic carbocycles. The van der Waals surface area contributed by atoms with Crippen LogP contribution in [0.3, 0.4) is 0 Å². The zero-order chi connectivity index (χ0) is 13.8. The number of benzene rings is 1. The highest BCUT2D eigenvalue weighted by Crippen LogP contribution is 2.30. The molecule has 1 aliphatic rings. The summed E-state index contributed by atoms with van der Waals surface area (Å²) < 4.78 is 5.96. The summed E-state index contributed by atoms with van der Waals surface area (Å²) in [6.07, 6.45) is 6.79. The second kappa shape index (κ2) is 6.18. The lowest BCUT2D eigenvalue weighted by Gasteiger charge is -2.30. The smallest absolute Gasteiger partial charge is 0.241 e. The molecule has 3 rings (SSSR count). The first-order valence-corrected chi connectivity index (χ1v) is 7.42. The summed E-state index contributed by atoms with van der Waals surface area (Å²) >= 11 is 0. The van der Waals surface area contributed by atoms with Crippen LogP contribution in [0.4, 0.5) is 0 Å².